The van der Waals surface area contributed by atoms with Gasteiger partial charge in [0.2, 0.25) is 5.91 Å². The molecule has 1 aliphatic heterocycles. The molecule has 102 valence electrons. The highest BCUT2D eigenvalue weighted by Gasteiger charge is 2.20. The third kappa shape index (κ3) is 5.00. The summed E-state index contributed by atoms with van der Waals surface area (Å²) in [5.74, 6) is -0.0107. The average Bonchev–Trinajstić information content (AvgIpc) is 2.76. The molecule has 1 atom stereocenters. The monoisotopic (exact) mass is 402 g/mol. The molecule has 7 heteroatoms. The van der Waals surface area contributed by atoms with Crippen molar-refractivity contribution in [1.82, 2.24) is 10.6 Å². The summed E-state index contributed by atoms with van der Waals surface area (Å²) in [6.07, 6.45) is 0.562. The molecule has 0 aliphatic carbocycles. The largest absolute Gasteiger partial charge is 0.366 e. The second kappa shape index (κ2) is 8.31. The van der Waals surface area contributed by atoms with Crippen molar-refractivity contribution in [3.05, 3.63) is 19.9 Å². The van der Waals surface area contributed by atoms with Crippen LogP contribution in [0.4, 0.5) is 0 Å². The van der Waals surface area contributed by atoms with Crippen molar-refractivity contribution < 1.29 is 9.53 Å². The number of carbonyl (C=O) groups is 1. The summed E-state index contributed by atoms with van der Waals surface area (Å²) in [5.41, 5.74) is 0. The topological polar surface area (TPSA) is 50.4 Å². The molecule has 2 N–H and O–H groups in total. The predicted octanol–water partition coefficient (Wildman–Crippen LogP) is 1.42. The van der Waals surface area contributed by atoms with E-state index in [0.717, 1.165) is 13.0 Å². The van der Waals surface area contributed by atoms with Crippen LogP contribution in [0.3, 0.4) is 0 Å². The van der Waals surface area contributed by atoms with E-state index in [1.165, 1.54) is 7.76 Å². The molecule has 18 heavy (non-hydrogen) atoms. The van der Waals surface area contributed by atoms with Crippen LogP contribution in [0.2, 0.25) is 0 Å². The summed E-state index contributed by atoms with van der Waals surface area (Å²) < 4.78 is 6.65. The van der Waals surface area contributed by atoms with E-state index in [-0.39, 0.29) is 24.4 Å². The van der Waals surface area contributed by atoms with Crippen LogP contribution in [0, 0.1) is 2.88 Å². The number of thiophene rings is 1. The maximum atomic E-state index is 11.7. The third-order valence-corrected chi connectivity index (χ3v) is 4.47. The number of halogens is 2. The van der Waals surface area contributed by atoms with Gasteiger partial charge in [0, 0.05) is 24.5 Å². The molecular formula is C11H16ClIN2O2S. The summed E-state index contributed by atoms with van der Waals surface area (Å²) in [6.45, 7) is 2.73. The van der Waals surface area contributed by atoms with E-state index in [4.69, 9.17) is 4.74 Å². The van der Waals surface area contributed by atoms with Crippen LogP contribution < -0.4 is 10.6 Å². The standard InChI is InChI=1S/C11H15IN2O2S.ClH/c12-10-2-1-8(17-10)3-4-14-11(15)9-7-13-5-6-16-9;/h1-2,9,13H,3-7H2,(H,14,15);1H. The van der Waals surface area contributed by atoms with Gasteiger partial charge in [0.1, 0.15) is 6.10 Å². The van der Waals surface area contributed by atoms with Gasteiger partial charge in [0.05, 0.1) is 9.49 Å². The van der Waals surface area contributed by atoms with Gasteiger partial charge in [-0.15, -0.1) is 23.7 Å². The molecule has 1 aliphatic rings. The molecule has 1 aromatic heterocycles. The number of rotatable bonds is 4. The quantitative estimate of drug-likeness (QED) is 0.749. The molecule has 0 spiro atoms. The van der Waals surface area contributed by atoms with Crippen LogP contribution in [0.15, 0.2) is 12.1 Å². The number of nitrogens with one attached hydrogen (secondary N) is 2. The molecule has 0 aromatic carbocycles. The minimum Gasteiger partial charge on any atom is -0.366 e. The van der Waals surface area contributed by atoms with Crippen molar-refractivity contribution >= 4 is 52.2 Å². The number of morpholine rings is 1. The van der Waals surface area contributed by atoms with Gasteiger partial charge >= 0.3 is 0 Å². The Hall–Kier alpha value is 0.110. The van der Waals surface area contributed by atoms with E-state index in [2.05, 4.69) is 45.4 Å². The van der Waals surface area contributed by atoms with Crippen LogP contribution in [0.5, 0.6) is 0 Å². The van der Waals surface area contributed by atoms with Crippen LogP contribution in [-0.2, 0) is 16.0 Å². The summed E-state index contributed by atoms with van der Waals surface area (Å²) >= 11 is 4.07. The Morgan fingerprint density at radius 3 is 3.06 bits per heavy atom. The molecule has 1 saturated heterocycles. The van der Waals surface area contributed by atoms with Gasteiger partial charge < -0.3 is 15.4 Å². The molecule has 0 bridgehead atoms. The Morgan fingerprint density at radius 2 is 2.44 bits per heavy atom. The number of ether oxygens (including phenoxy) is 1. The number of carbonyl (C=O) groups excluding carboxylic acids is 1. The van der Waals surface area contributed by atoms with Gasteiger partial charge in [-0.05, 0) is 41.1 Å². The zero-order valence-corrected chi connectivity index (χ0v) is 13.6. The number of hydrogen-bond acceptors (Lipinski definition) is 4. The smallest absolute Gasteiger partial charge is 0.250 e. The number of hydrogen-bond donors (Lipinski definition) is 2. The SMILES string of the molecule is Cl.O=C(NCCc1ccc(I)s1)C1CNCCO1. The maximum absolute atomic E-state index is 11.7. The molecule has 1 amide bonds. The van der Waals surface area contributed by atoms with Crippen LogP contribution >= 0.6 is 46.3 Å². The molecule has 2 rings (SSSR count). The number of amides is 1. The fraction of sp³-hybridized carbons (Fsp3) is 0.545. The predicted molar refractivity (Wildman–Crippen MR) is 83.6 cm³/mol. The Labute approximate surface area is 130 Å². The van der Waals surface area contributed by atoms with Crippen molar-refractivity contribution in [2.24, 2.45) is 0 Å². The summed E-state index contributed by atoms with van der Waals surface area (Å²) in [6, 6.07) is 4.20. The molecule has 0 radical (unpaired) electrons. The van der Waals surface area contributed by atoms with E-state index < -0.39 is 0 Å². The van der Waals surface area contributed by atoms with Gasteiger partial charge in [-0.3, -0.25) is 4.79 Å². The minimum atomic E-state index is -0.327. The lowest BCUT2D eigenvalue weighted by Crippen LogP contribution is -2.48. The van der Waals surface area contributed by atoms with Gasteiger partial charge in [-0.1, -0.05) is 0 Å². The Balaban J connectivity index is 0.00000162. The summed E-state index contributed by atoms with van der Waals surface area (Å²) in [5, 5.41) is 6.05. The highest BCUT2D eigenvalue weighted by atomic mass is 127. The summed E-state index contributed by atoms with van der Waals surface area (Å²) in [4.78, 5) is 13.0. The second-order valence-corrected chi connectivity index (χ2v) is 6.87. The average molecular weight is 403 g/mol. The molecule has 4 nitrogen and oxygen atoms in total. The molecule has 1 unspecified atom stereocenters. The van der Waals surface area contributed by atoms with Gasteiger partial charge in [-0.25, -0.2) is 0 Å². The molecule has 1 fully saturated rings. The Kier molecular flexibility index (Phi) is 7.47. The molecule has 1 aromatic rings. The lowest BCUT2D eigenvalue weighted by atomic mass is 10.2. The first kappa shape index (κ1) is 16.2. The van der Waals surface area contributed by atoms with Gasteiger partial charge in [0.15, 0.2) is 0 Å². The van der Waals surface area contributed by atoms with Crippen LogP contribution in [-0.4, -0.2) is 38.3 Å². The first-order valence-corrected chi connectivity index (χ1v) is 7.49. The lowest BCUT2D eigenvalue weighted by molar-refractivity contribution is -0.134. The minimum absolute atomic E-state index is 0. The normalized spacial score (nSPS) is 19.1. The first-order chi connectivity index (χ1) is 8.25. The third-order valence-electron chi connectivity index (χ3n) is 2.52. The van der Waals surface area contributed by atoms with Gasteiger partial charge in [-0.2, -0.15) is 0 Å². The van der Waals surface area contributed by atoms with Crippen LogP contribution in [0.1, 0.15) is 4.88 Å². The Bertz CT molecular complexity index is 383. The summed E-state index contributed by atoms with van der Waals surface area (Å²) in [7, 11) is 0. The second-order valence-electron chi connectivity index (χ2n) is 3.81. The van der Waals surface area contributed by atoms with E-state index in [1.807, 2.05) is 0 Å². The lowest BCUT2D eigenvalue weighted by Gasteiger charge is -2.22. The Morgan fingerprint density at radius 1 is 1.61 bits per heavy atom. The van der Waals surface area contributed by atoms with Crippen LogP contribution in [0.25, 0.3) is 0 Å². The maximum Gasteiger partial charge on any atom is 0.250 e. The fourth-order valence-corrected chi connectivity index (χ4v) is 3.40. The zero-order valence-electron chi connectivity index (χ0n) is 9.78. The van der Waals surface area contributed by atoms with Crippen molar-refractivity contribution in [2.45, 2.75) is 12.5 Å². The van der Waals surface area contributed by atoms with Crippen molar-refractivity contribution in [3.63, 3.8) is 0 Å². The highest BCUT2D eigenvalue weighted by Crippen LogP contribution is 2.18. The highest BCUT2D eigenvalue weighted by molar-refractivity contribution is 14.1. The van der Waals surface area contributed by atoms with Crippen molar-refractivity contribution in [3.8, 4) is 0 Å². The van der Waals surface area contributed by atoms with E-state index in [0.29, 0.717) is 19.7 Å². The molecule has 2 heterocycles. The van der Waals surface area contributed by atoms with Crippen molar-refractivity contribution in [2.75, 3.05) is 26.2 Å². The fourth-order valence-electron chi connectivity index (χ4n) is 1.64. The van der Waals surface area contributed by atoms with Crippen molar-refractivity contribution in [1.29, 1.82) is 0 Å². The zero-order chi connectivity index (χ0) is 12.1. The first-order valence-electron chi connectivity index (χ1n) is 5.60. The van der Waals surface area contributed by atoms with E-state index in [1.54, 1.807) is 11.3 Å². The van der Waals surface area contributed by atoms with E-state index >= 15 is 0 Å². The molecular weight excluding hydrogens is 387 g/mol. The van der Waals surface area contributed by atoms with E-state index in [9.17, 15) is 4.79 Å². The molecule has 0 saturated carbocycles. The van der Waals surface area contributed by atoms with Gasteiger partial charge in [0.25, 0.3) is 0 Å².